The first-order chi connectivity index (χ1) is 18.7. The van der Waals surface area contributed by atoms with Gasteiger partial charge in [-0.15, -0.1) is 6.42 Å². The Labute approximate surface area is 226 Å². The molecule has 2 aromatic rings. The second-order valence-corrected chi connectivity index (χ2v) is 12.2. The second kappa shape index (κ2) is 10.8. The number of terminal acetylenes is 1. The van der Waals surface area contributed by atoms with E-state index < -0.39 is 63.8 Å². The van der Waals surface area contributed by atoms with Crippen molar-refractivity contribution in [2.75, 3.05) is 26.4 Å². The number of nitrogens with zero attached hydrogens (tertiary/aromatic N) is 2. The summed E-state index contributed by atoms with van der Waals surface area (Å²) in [7, 11) is -3.99. The maximum absolute atomic E-state index is 15.8. The first kappa shape index (κ1) is 27.5. The predicted molar refractivity (Wildman–Crippen MR) is 138 cm³/mol. The Morgan fingerprint density at radius 1 is 1.10 bits per heavy atom. The molecule has 2 aromatic carbocycles. The van der Waals surface area contributed by atoms with E-state index in [1.807, 2.05) is 0 Å². The number of benzene rings is 2. The van der Waals surface area contributed by atoms with Crippen LogP contribution < -0.4 is 0 Å². The third-order valence-electron chi connectivity index (χ3n) is 7.98. The summed E-state index contributed by atoms with van der Waals surface area (Å²) in [6.45, 7) is -0.373. The highest BCUT2D eigenvalue weighted by atomic mass is 32.2. The third kappa shape index (κ3) is 4.91. The van der Waals surface area contributed by atoms with Crippen LogP contribution in [0.25, 0.3) is 0 Å². The summed E-state index contributed by atoms with van der Waals surface area (Å²) < 4.78 is 70.5. The molecule has 1 N–H and O–H groups in total. The van der Waals surface area contributed by atoms with E-state index in [2.05, 4.69) is 5.92 Å². The van der Waals surface area contributed by atoms with Crippen LogP contribution in [0.3, 0.4) is 0 Å². The molecule has 208 valence electrons. The van der Waals surface area contributed by atoms with Crippen LogP contribution in [-0.2, 0) is 31.6 Å². The number of cyclic esters (lactones) is 1. The molecule has 11 heteroatoms. The number of hydrogen-bond acceptors (Lipinski definition) is 6. The molecule has 0 aliphatic carbocycles. The predicted octanol–water partition coefficient (Wildman–Crippen LogP) is 3.45. The van der Waals surface area contributed by atoms with Crippen molar-refractivity contribution in [3.05, 3.63) is 70.8 Å². The van der Waals surface area contributed by atoms with Gasteiger partial charge in [0.05, 0.1) is 24.7 Å². The van der Waals surface area contributed by atoms with E-state index in [0.29, 0.717) is 18.4 Å². The van der Waals surface area contributed by atoms with Crippen molar-refractivity contribution in [2.45, 2.75) is 55.2 Å². The van der Waals surface area contributed by atoms with E-state index in [-0.39, 0.29) is 43.7 Å². The summed E-state index contributed by atoms with van der Waals surface area (Å²) in [6.07, 6.45) is 5.27. The van der Waals surface area contributed by atoms with Gasteiger partial charge in [-0.25, -0.2) is 22.0 Å². The number of hydrogen-bond donors (Lipinski definition) is 1. The highest BCUT2D eigenvalue weighted by Gasteiger charge is 2.50. The summed E-state index contributed by atoms with van der Waals surface area (Å²) >= 11 is 0. The molecule has 0 bridgehead atoms. The molecule has 39 heavy (non-hydrogen) atoms. The molecule has 3 aliphatic heterocycles. The van der Waals surface area contributed by atoms with Crippen LogP contribution in [0.15, 0.2) is 42.5 Å². The zero-order chi connectivity index (χ0) is 27.8. The van der Waals surface area contributed by atoms with Gasteiger partial charge in [0.1, 0.15) is 23.0 Å². The molecule has 1 amide bonds. The number of aliphatic hydroxyl groups excluding tert-OH is 1. The molecule has 0 aromatic heterocycles. The number of carbonyl (C=O) groups excluding carboxylic acids is 1. The van der Waals surface area contributed by atoms with E-state index in [1.54, 1.807) is 30.3 Å². The standard InChI is InChI=1S/C28H30F2N2O6S/c1-2-21-8-9-26(19-6-4-3-5-7-19)39(35,36)32(21)16-20-14-25(30)23(15-24(20)29)28(10-12-37-13-11-28)31-17-22(18-33)38-27(31)34/h1,3-7,14-15,21-22,26,33H,8-13,16-18H2/t21-,22+,26+/m0/s1. The van der Waals surface area contributed by atoms with Crippen LogP contribution in [0, 0.1) is 24.0 Å². The Hall–Kier alpha value is -3.04. The summed E-state index contributed by atoms with van der Waals surface area (Å²) in [5.74, 6) is 0.908. The molecule has 0 spiro atoms. The Morgan fingerprint density at radius 3 is 2.46 bits per heavy atom. The van der Waals surface area contributed by atoms with Gasteiger partial charge in [-0.2, -0.15) is 4.31 Å². The van der Waals surface area contributed by atoms with Crippen molar-refractivity contribution in [2.24, 2.45) is 0 Å². The number of sulfonamides is 1. The first-order valence-electron chi connectivity index (χ1n) is 12.9. The van der Waals surface area contributed by atoms with Crippen LogP contribution in [0.5, 0.6) is 0 Å². The Balaban J connectivity index is 1.50. The maximum atomic E-state index is 15.8. The maximum Gasteiger partial charge on any atom is 0.411 e. The topological polar surface area (TPSA) is 96.4 Å². The zero-order valence-corrected chi connectivity index (χ0v) is 22.1. The molecule has 3 atom stereocenters. The molecule has 5 rings (SSSR count). The van der Waals surface area contributed by atoms with Crippen molar-refractivity contribution < 1.29 is 36.6 Å². The highest BCUT2D eigenvalue weighted by molar-refractivity contribution is 7.89. The molecule has 0 radical (unpaired) electrons. The van der Waals surface area contributed by atoms with Gasteiger partial charge in [-0.1, -0.05) is 36.3 Å². The van der Waals surface area contributed by atoms with Gasteiger partial charge in [-0.05, 0) is 43.4 Å². The Kier molecular flexibility index (Phi) is 7.66. The lowest BCUT2D eigenvalue weighted by molar-refractivity contribution is -0.0110. The summed E-state index contributed by atoms with van der Waals surface area (Å²) in [5, 5.41) is 8.64. The van der Waals surface area contributed by atoms with Crippen molar-refractivity contribution >= 4 is 16.1 Å². The number of aliphatic hydroxyl groups is 1. The van der Waals surface area contributed by atoms with Gasteiger partial charge in [-0.3, -0.25) is 4.90 Å². The van der Waals surface area contributed by atoms with E-state index in [1.165, 1.54) is 4.90 Å². The lowest BCUT2D eigenvalue weighted by Crippen LogP contribution is -2.51. The fourth-order valence-electron chi connectivity index (χ4n) is 5.91. The monoisotopic (exact) mass is 560 g/mol. The minimum atomic E-state index is -3.99. The fourth-order valence-corrected chi connectivity index (χ4v) is 8.01. The smallest absolute Gasteiger partial charge is 0.411 e. The fraction of sp³-hybridized carbons (Fsp3) is 0.464. The van der Waals surface area contributed by atoms with Gasteiger partial charge in [0.2, 0.25) is 10.0 Å². The Bertz CT molecular complexity index is 1370. The average Bonchev–Trinajstić information content (AvgIpc) is 3.33. The zero-order valence-electron chi connectivity index (χ0n) is 21.3. The van der Waals surface area contributed by atoms with Gasteiger partial charge < -0.3 is 14.6 Å². The number of ether oxygens (including phenoxy) is 2. The van der Waals surface area contributed by atoms with Crippen LogP contribution in [0.4, 0.5) is 13.6 Å². The average molecular weight is 561 g/mol. The molecule has 3 heterocycles. The minimum Gasteiger partial charge on any atom is -0.442 e. The second-order valence-electron chi connectivity index (χ2n) is 10.1. The molecule has 3 fully saturated rings. The van der Waals surface area contributed by atoms with Crippen molar-refractivity contribution in [1.82, 2.24) is 9.21 Å². The molecular weight excluding hydrogens is 530 g/mol. The Morgan fingerprint density at radius 2 is 1.82 bits per heavy atom. The third-order valence-corrected chi connectivity index (χ3v) is 10.2. The first-order valence-corrected chi connectivity index (χ1v) is 14.4. The molecule has 0 saturated carbocycles. The van der Waals surface area contributed by atoms with Crippen LogP contribution in [0.1, 0.15) is 47.6 Å². The van der Waals surface area contributed by atoms with Crippen LogP contribution in [-0.4, -0.2) is 67.3 Å². The minimum absolute atomic E-state index is 0.0227. The van der Waals surface area contributed by atoms with Crippen molar-refractivity contribution in [1.29, 1.82) is 0 Å². The van der Waals surface area contributed by atoms with E-state index in [4.69, 9.17) is 15.9 Å². The van der Waals surface area contributed by atoms with Gasteiger partial charge in [0.15, 0.2) is 0 Å². The van der Waals surface area contributed by atoms with Crippen LogP contribution >= 0.6 is 0 Å². The highest BCUT2D eigenvalue weighted by Crippen LogP contribution is 2.43. The number of amides is 1. The molecule has 8 nitrogen and oxygen atoms in total. The van der Waals surface area contributed by atoms with Gasteiger partial charge >= 0.3 is 6.09 Å². The number of carbonyl (C=O) groups is 1. The molecular formula is C28H30F2N2O6S. The molecule has 3 aliphatic rings. The number of halogens is 2. The lowest BCUT2D eigenvalue weighted by Gasteiger charge is -2.43. The largest absolute Gasteiger partial charge is 0.442 e. The van der Waals surface area contributed by atoms with E-state index in [0.717, 1.165) is 16.4 Å². The summed E-state index contributed by atoms with van der Waals surface area (Å²) in [6, 6.07) is 9.97. The van der Waals surface area contributed by atoms with Gasteiger partial charge in [0.25, 0.3) is 0 Å². The van der Waals surface area contributed by atoms with Crippen LogP contribution in [0.2, 0.25) is 0 Å². The molecule has 0 unspecified atom stereocenters. The quantitative estimate of drug-likeness (QED) is 0.544. The normalized spacial score (nSPS) is 26.7. The van der Waals surface area contributed by atoms with E-state index in [9.17, 15) is 18.3 Å². The van der Waals surface area contributed by atoms with Crippen molar-refractivity contribution in [3.8, 4) is 12.3 Å². The SMILES string of the molecule is C#C[C@H]1CC[C@H](c2ccccc2)S(=O)(=O)N1Cc1cc(F)c(C2(N3C[C@H](CO)OC3=O)CCOCC2)cc1F. The summed E-state index contributed by atoms with van der Waals surface area (Å²) in [4.78, 5) is 14.0. The van der Waals surface area contributed by atoms with Gasteiger partial charge in [0, 0.05) is 30.9 Å². The summed E-state index contributed by atoms with van der Waals surface area (Å²) in [5.41, 5.74) is -0.826. The molecule has 3 saturated heterocycles. The number of rotatable bonds is 6. The van der Waals surface area contributed by atoms with Crippen molar-refractivity contribution in [3.63, 3.8) is 0 Å². The lowest BCUT2D eigenvalue weighted by atomic mass is 9.80. The van der Waals surface area contributed by atoms with E-state index >= 15 is 8.78 Å².